The summed E-state index contributed by atoms with van der Waals surface area (Å²) in [4.78, 5) is 16.8. The highest BCUT2D eigenvalue weighted by atomic mass is 19.1. The molecule has 166 valence electrons. The first-order valence-electron chi connectivity index (χ1n) is 10.4. The Kier molecular flexibility index (Phi) is 7.97. The van der Waals surface area contributed by atoms with Crippen LogP contribution in [0.5, 0.6) is 5.75 Å². The number of aryl methyl sites for hydroxylation is 1. The summed E-state index contributed by atoms with van der Waals surface area (Å²) in [6.07, 6.45) is -0.0212. The van der Waals surface area contributed by atoms with Gasteiger partial charge in [0.15, 0.2) is 6.10 Å². The van der Waals surface area contributed by atoms with Gasteiger partial charge in [0.25, 0.3) is 0 Å². The van der Waals surface area contributed by atoms with Crippen molar-refractivity contribution >= 4 is 11.7 Å². The molecular weight excluding hydrogens is 409 g/mol. The standard InChI is InChI=1S/C26H26FNO4/c1-3-24(26(29)30)32-25-14-13-20(15-18(25)2)23(16-19-9-5-4-6-10-19)28-31-17-21-11-7-8-12-22(21)27/h4-15,24H,3,16-17H2,1-2H3,(H,29,30)/b28-23+. The fourth-order valence-electron chi connectivity index (χ4n) is 3.19. The fourth-order valence-corrected chi connectivity index (χ4v) is 3.19. The Bertz CT molecular complexity index is 1080. The number of carboxylic acids is 1. The zero-order valence-corrected chi connectivity index (χ0v) is 18.1. The van der Waals surface area contributed by atoms with Crippen LogP contribution in [0.1, 0.15) is 35.6 Å². The number of halogens is 1. The van der Waals surface area contributed by atoms with Crippen LogP contribution in [-0.2, 0) is 22.7 Å². The number of benzene rings is 3. The maximum absolute atomic E-state index is 13.9. The van der Waals surface area contributed by atoms with Crippen molar-refractivity contribution in [3.05, 3.63) is 101 Å². The monoisotopic (exact) mass is 435 g/mol. The van der Waals surface area contributed by atoms with Crippen LogP contribution >= 0.6 is 0 Å². The molecule has 1 unspecified atom stereocenters. The van der Waals surface area contributed by atoms with Crippen molar-refractivity contribution < 1.29 is 23.9 Å². The Morgan fingerprint density at radius 1 is 1.06 bits per heavy atom. The van der Waals surface area contributed by atoms with Crippen molar-refractivity contribution in [1.82, 2.24) is 0 Å². The molecule has 0 fully saturated rings. The first kappa shape index (κ1) is 23.0. The molecule has 1 N–H and O–H groups in total. The molecule has 3 aromatic rings. The molecule has 0 aromatic heterocycles. The normalized spacial score (nSPS) is 12.3. The van der Waals surface area contributed by atoms with Crippen LogP contribution in [-0.4, -0.2) is 22.9 Å². The van der Waals surface area contributed by atoms with Gasteiger partial charge in [-0.2, -0.15) is 0 Å². The lowest BCUT2D eigenvalue weighted by molar-refractivity contribution is -0.145. The molecule has 32 heavy (non-hydrogen) atoms. The SMILES string of the molecule is CCC(Oc1ccc(/C(Cc2ccccc2)=N/OCc2ccccc2F)cc1C)C(=O)O. The average Bonchev–Trinajstić information content (AvgIpc) is 2.79. The molecule has 0 heterocycles. The molecule has 0 aliphatic carbocycles. The first-order valence-corrected chi connectivity index (χ1v) is 10.4. The quantitative estimate of drug-likeness (QED) is 0.335. The molecule has 6 heteroatoms. The van der Waals surface area contributed by atoms with Gasteiger partial charge >= 0.3 is 5.97 Å². The van der Waals surface area contributed by atoms with Gasteiger partial charge in [-0.05, 0) is 48.7 Å². The van der Waals surface area contributed by atoms with E-state index in [0.717, 1.165) is 16.7 Å². The van der Waals surface area contributed by atoms with Crippen LogP contribution in [0.4, 0.5) is 4.39 Å². The van der Waals surface area contributed by atoms with E-state index in [1.165, 1.54) is 6.07 Å². The van der Waals surface area contributed by atoms with Gasteiger partial charge in [0.2, 0.25) is 0 Å². The maximum atomic E-state index is 13.9. The van der Waals surface area contributed by atoms with Crippen molar-refractivity contribution in [1.29, 1.82) is 0 Å². The zero-order valence-electron chi connectivity index (χ0n) is 18.1. The van der Waals surface area contributed by atoms with E-state index in [2.05, 4.69) is 5.16 Å². The van der Waals surface area contributed by atoms with Gasteiger partial charge in [0.05, 0.1) is 5.71 Å². The molecule has 3 aromatic carbocycles. The van der Waals surface area contributed by atoms with E-state index < -0.39 is 12.1 Å². The molecule has 0 amide bonds. The third-order valence-corrected chi connectivity index (χ3v) is 4.99. The summed E-state index contributed by atoms with van der Waals surface area (Å²) in [5, 5.41) is 13.6. The molecule has 0 spiro atoms. The Balaban J connectivity index is 1.84. The van der Waals surface area contributed by atoms with Crippen molar-refractivity contribution in [3.8, 4) is 5.75 Å². The van der Waals surface area contributed by atoms with Gasteiger partial charge in [0.1, 0.15) is 18.2 Å². The number of carbonyl (C=O) groups is 1. The lowest BCUT2D eigenvalue weighted by Crippen LogP contribution is -2.26. The Labute approximate surface area is 187 Å². The van der Waals surface area contributed by atoms with Crippen molar-refractivity contribution in [3.63, 3.8) is 0 Å². The second-order valence-corrected chi connectivity index (χ2v) is 7.40. The van der Waals surface area contributed by atoms with Crippen LogP contribution in [0.2, 0.25) is 0 Å². The molecule has 0 radical (unpaired) electrons. The molecule has 3 rings (SSSR count). The van der Waals surface area contributed by atoms with E-state index in [0.29, 0.717) is 29.9 Å². The molecule has 0 aliphatic rings. The third-order valence-electron chi connectivity index (χ3n) is 4.99. The van der Waals surface area contributed by atoms with Crippen LogP contribution in [0.25, 0.3) is 0 Å². The van der Waals surface area contributed by atoms with Gasteiger partial charge in [0, 0.05) is 17.5 Å². The summed E-state index contributed by atoms with van der Waals surface area (Å²) in [5.74, 6) is -0.827. The highest BCUT2D eigenvalue weighted by molar-refractivity contribution is 6.01. The number of ether oxygens (including phenoxy) is 1. The minimum Gasteiger partial charge on any atom is -0.479 e. The molecule has 0 bridgehead atoms. The number of hydrogen-bond acceptors (Lipinski definition) is 4. The smallest absolute Gasteiger partial charge is 0.344 e. The second-order valence-electron chi connectivity index (χ2n) is 7.40. The van der Waals surface area contributed by atoms with E-state index in [1.54, 1.807) is 31.2 Å². The van der Waals surface area contributed by atoms with E-state index in [9.17, 15) is 14.3 Å². The number of aliphatic carboxylic acids is 1. The number of hydrogen-bond donors (Lipinski definition) is 1. The zero-order chi connectivity index (χ0) is 22.9. The van der Waals surface area contributed by atoms with E-state index in [4.69, 9.17) is 9.57 Å². The number of carboxylic acid groups (broad SMARTS) is 1. The van der Waals surface area contributed by atoms with Crippen molar-refractivity contribution in [2.75, 3.05) is 0 Å². The van der Waals surface area contributed by atoms with Gasteiger partial charge in [-0.15, -0.1) is 0 Å². The van der Waals surface area contributed by atoms with E-state index in [-0.39, 0.29) is 12.4 Å². The summed E-state index contributed by atoms with van der Waals surface area (Å²) in [7, 11) is 0. The van der Waals surface area contributed by atoms with Crippen molar-refractivity contribution in [2.24, 2.45) is 5.16 Å². The molecule has 0 aliphatic heterocycles. The molecule has 1 atom stereocenters. The second kappa shape index (κ2) is 11.1. The summed E-state index contributed by atoms with van der Waals surface area (Å²) in [6, 6.07) is 21.7. The van der Waals surface area contributed by atoms with Gasteiger partial charge in [-0.25, -0.2) is 9.18 Å². The molecule has 5 nitrogen and oxygen atoms in total. The number of oxime groups is 1. The largest absolute Gasteiger partial charge is 0.479 e. The molecular formula is C26H26FNO4. The van der Waals surface area contributed by atoms with Crippen LogP contribution in [0.3, 0.4) is 0 Å². The van der Waals surface area contributed by atoms with Crippen LogP contribution < -0.4 is 4.74 Å². The molecule has 0 saturated carbocycles. The first-order chi connectivity index (χ1) is 15.5. The molecule has 0 saturated heterocycles. The Morgan fingerprint density at radius 2 is 1.78 bits per heavy atom. The Morgan fingerprint density at radius 3 is 2.44 bits per heavy atom. The fraction of sp³-hybridized carbons (Fsp3) is 0.231. The van der Waals surface area contributed by atoms with Gasteiger partial charge in [-0.1, -0.05) is 60.6 Å². The average molecular weight is 435 g/mol. The van der Waals surface area contributed by atoms with E-state index in [1.807, 2.05) is 49.4 Å². The minimum atomic E-state index is -0.996. The third kappa shape index (κ3) is 6.17. The van der Waals surface area contributed by atoms with Crippen LogP contribution in [0, 0.1) is 12.7 Å². The lowest BCUT2D eigenvalue weighted by atomic mass is 10.0. The summed E-state index contributed by atoms with van der Waals surface area (Å²) in [5.41, 5.74) is 3.75. The lowest BCUT2D eigenvalue weighted by Gasteiger charge is -2.16. The highest BCUT2D eigenvalue weighted by Gasteiger charge is 2.18. The van der Waals surface area contributed by atoms with Gasteiger partial charge < -0.3 is 14.7 Å². The number of rotatable bonds is 10. The van der Waals surface area contributed by atoms with E-state index >= 15 is 0 Å². The Hall–Kier alpha value is -3.67. The highest BCUT2D eigenvalue weighted by Crippen LogP contribution is 2.23. The van der Waals surface area contributed by atoms with Gasteiger partial charge in [-0.3, -0.25) is 0 Å². The van der Waals surface area contributed by atoms with Crippen LogP contribution in [0.15, 0.2) is 78.0 Å². The summed E-state index contributed by atoms with van der Waals surface area (Å²) in [6.45, 7) is 3.63. The number of nitrogens with zero attached hydrogens (tertiary/aromatic N) is 1. The predicted molar refractivity (Wildman–Crippen MR) is 121 cm³/mol. The minimum absolute atomic E-state index is 0.0158. The predicted octanol–water partition coefficient (Wildman–Crippen LogP) is 5.54. The summed E-state index contributed by atoms with van der Waals surface area (Å²) < 4.78 is 19.5. The topological polar surface area (TPSA) is 68.1 Å². The maximum Gasteiger partial charge on any atom is 0.344 e. The summed E-state index contributed by atoms with van der Waals surface area (Å²) >= 11 is 0. The van der Waals surface area contributed by atoms with Crippen molar-refractivity contribution in [2.45, 2.75) is 39.4 Å².